The summed E-state index contributed by atoms with van der Waals surface area (Å²) in [4.78, 5) is 0.0162. The van der Waals surface area contributed by atoms with Gasteiger partial charge in [-0.05, 0) is 58.0 Å². The Morgan fingerprint density at radius 2 is 2.00 bits per heavy atom. The molecule has 1 nitrogen and oxygen atoms in total. The Morgan fingerprint density at radius 3 is 2.75 bits per heavy atom. The van der Waals surface area contributed by atoms with Gasteiger partial charge in [-0.1, -0.05) is 45.2 Å². The first-order valence-electron chi connectivity index (χ1n) is 6.10. The molecular weight excluding hydrogens is 474 g/mol. The zero-order chi connectivity index (χ0) is 14.3. The van der Waals surface area contributed by atoms with Crippen molar-refractivity contribution < 1.29 is 4.74 Å². The molecule has 0 spiro atoms. The predicted octanol–water partition coefficient (Wildman–Crippen LogP) is 6.02. The van der Waals surface area contributed by atoms with E-state index in [0.717, 1.165) is 43.5 Å². The quantitative estimate of drug-likeness (QED) is 0.375. The minimum Gasteiger partial charge on any atom is -0.493 e. The molecule has 104 valence electrons. The monoisotopic (exact) mass is 482 g/mol. The molecule has 0 bridgehead atoms. The number of fused-ring (bicyclic) bond motifs is 1. The summed E-state index contributed by atoms with van der Waals surface area (Å²) in [6.07, 6.45) is 0.913. The van der Waals surface area contributed by atoms with E-state index in [9.17, 15) is 0 Å². The Hall–Kier alpha value is 0.0300. The maximum absolute atomic E-state index is 6.21. The van der Waals surface area contributed by atoms with E-state index in [1.165, 1.54) is 5.56 Å². The van der Waals surface area contributed by atoms with Crippen molar-refractivity contribution in [3.05, 3.63) is 60.6 Å². The fourth-order valence-electron chi connectivity index (χ4n) is 2.34. The first kappa shape index (κ1) is 14.9. The van der Waals surface area contributed by atoms with Gasteiger partial charge in [-0.25, -0.2) is 0 Å². The summed E-state index contributed by atoms with van der Waals surface area (Å²) in [5.41, 5.74) is 3.33. The third-order valence-corrected chi connectivity index (χ3v) is 6.10. The van der Waals surface area contributed by atoms with E-state index in [1.807, 2.05) is 24.3 Å². The number of hydrogen-bond donors (Lipinski definition) is 0. The van der Waals surface area contributed by atoms with Crippen LogP contribution < -0.4 is 4.74 Å². The minimum atomic E-state index is 0.0162. The number of ether oxygens (including phenoxy) is 1. The van der Waals surface area contributed by atoms with Crippen LogP contribution in [0.1, 0.15) is 21.5 Å². The Kier molecular flexibility index (Phi) is 4.51. The van der Waals surface area contributed by atoms with Gasteiger partial charge in [-0.2, -0.15) is 0 Å². The minimum absolute atomic E-state index is 0.0162. The van der Waals surface area contributed by atoms with E-state index in [1.54, 1.807) is 0 Å². The van der Waals surface area contributed by atoms with Crippen molar-refractivity contribution in [2.45, 2.75) is 11.2 Å². The van der Waals surface area contributed by atoms with Gasteiger partial charge in [0.2, 0.25) is 0 Å². The lowest BCUT2D eigenvalue weighted by molar-refractivity contribution is 0.354. The predicted molar refractivity (Wildman–Crippen MR) is 95.6 cm³/mol. The lowest BCUT2D eigenvalue weighted by Gasteiger charge is -2.16. The van der Waals surface area contributed by atoms with E-state index in [0.29, 0.717) is 0 Å². The third kappa shape index (κ3) is 2.82. The van der Waals surface area contributed by atoms with Gasteiger partial charge in [0.25, 0.3) is 0 Å². The molecule has 1 aliphatic rings. The molecule has 0 fully saturated rings. The molecule has 2 aromatic carbocycles. The second-order valence-electron chi connectivity index (χ2n) is 4.62. The smallest absolute Gasteiger partial charge is 0.127 e. The molecule has 0 aromatic heterocycles. The Morgan fingerprint density at radius 1 is 1.20 bits per heavy atom. The molecule has 1 aliphatic heterocycles. The Labute approximate surface area is 149 Å². The topological polar surface area (TPSA) is 9.23 Å². The molecule has 1 unspecified atom stereocenters. The number of benzene rings is 2. The van der Waals surface area contributed by atoms with Crippen LogP contribution in [0.4, 0.5) is 0 Å². The summed E-state index contributed by atoms with van der Waals surface area (Å²) in [5, 5.41) is 1.50. The van der Waals surface area contributed by atoms with Gasteiger partial charge in [0.05, 0.1) is 16.5 Å². The van der Waals surface area contributed by atoms with Crippen LogP contribution in [-0.4, -0.2) is 6.61 Å². The van der Waals surface area contributed by atoms with Crippen molar-refractivity contribution in [3.8, 4) is 5.75 Å². The van der Waals surface area contributed by atoms with Crippen molar-refractivity contribution in [2.24, 2.45) is 0 Å². The van der Waals surface area contributed by atoms with Crippen LogP contribution in [0, 0.1) is 3.57 Å². The summed E-state index contributed by atoms with van der Waals surface area (Å²) in [6.45, 7) is 0.718. The average Bonchev–Trinajstić information content (AvgIpc) is 2.88. The first-order valence-corrected chi connectivity index (χ1v) is 8.85. The van der Waals surface area contributed by atoms with Crippen LogP contribution in [0.25, 0.3) is 0 Å². The standard InChI is InChI=1S/C15H10BrCl2IO/c16-14(8-1-2-13(19)12(18)6-8)11-7-10(17)5-9-3-4-20-15(9)11/h1-2,5-7,14H,3-4H2. The van der Waals surface area contributed by atoms with E-state index in [2.05, 4.69) is 44.6 Å². The maximum Gasteiger partial charge on any atom is 0.127 e. The first-order chi connectivity index (χ1) is 9.56. The van der Waals surface area contributed by atoms with E-state index < -0.39 is 0 Å². The zero-order valence-electron chi connectivity index (χ0n) is 10.3. The average molecular weight is 484 g/mol. The molecule has 0 radical (unpaired) electrons. The molecular formula is C15H10BrCl2IO. The van der Waals surface area contributed by atoms with Gasteiger partial charge in [-0.15, -0.1) is 0 Å². The third-order valence-electron chi connectivity index (χ3n) is 3.29. The number of rotatable bonds is 2. The second-order valence-corrected chi connectivity index (χ2v) is 7.54. The van der Waals surface area contributed by atoms with E-state index in [4.69, 9.17) is 27.9 Å². The summed E-state index contributed by atoms with van der Waals surface area (Å²) in [6, 6.07) is 9.99. The van der Waals surface area contributed by atoms with E-state index >= 15 is 0 Å². The van der Waals surface area contributed by atoms with Gasteiger partial charge in [0.15, 0.2) is 0 Å². The Balaban J connectivity index is 2.06. The summed E-state index contributed by atoms with van der Waals surface area (Å²) in [7, 11) is 0. The normalized spacial score (nSPS) is 14.8. The van der Waals surface area contributed by atoms with Gasteiger partial charge in [0, 0.05) is 20.6 Å². The lowest BCUT2D eigenvalue weighted by atomic mass is 10.0. The molecule has 0 N–H and O–H groups in total. The SMILES string of the molecule is Clc1cc2c(c(C(Br)c3ccc(I)c(Cl)c3)c1)OCC2. The van der Waals surface area contributed by atoms with Crippen LogP contribution in [-0.2, 0) is 6.42 Å². The maximum atomic E-state index is 6.21. The van der Waals surface area contributed by atoms with Gasteiger partial charge in [0.1, 0.15) is 5.75 Å². The highest BCUT2D eigenvalue weighted by molar-refractivity contribution is 14.1. The molecule has 0 saturated carbocycles. The number of alkyl halides is 1. The van der Waals surface area contributed by atoms with Crippen molar-refractivity contribution in [2.75, 3.05) is 6.61 Å². The van der Waals surface area contributed by atoms with Crippen LogP contribution in [0.15, 0.2) is 30.3 Å². The molecule has 0 amide bonds. The van der Waals surface area contributed by atoms with E-state index in [-0.39, 0.29) is 4.83 Å². The number of hydrogen-bond acceptors (Lipinski definition) is 1. The van der Waals surface area contributed by atoms with Crippen LogP contribution >= 0.6 is 61.7 Å². The molecule has 1 atom stereocenters. The lowest BCUT2D eigenvalue weighted by Crippen LogP contribution is -1.97. The number of halogens is 4. The Bertz CT molecular complexity index is 675. The highest BCUT2D eigenvalue weighted by atomic mass is 127. The van der Waals surface area contributed by atoms with Crippen molar-refractivity contribution in [1.82, 2.24) is 0 Å². The highest BCUT2D eigenvalue weighted by Gasteiger charge is 2.23. The van der Waals surface area contributed by atoms with Crippen LogP contribution in [0.2, 0.25) is 10.0 Å². The molecule has 0 aliphatic carbocycles. The fraction of sp³-hybridized carbons (Fsp3) is 0.200. The summed E-state index contributed by atoms with van der Waals surface area (Å²) >= 11 is 18.4. The largest absolute Gasteiger partial charge is 0.493 e. The fourth-order valence-corrected chi connectivity index (χ4v) is 3.73. The van der Waals surface area contributed by atoms with Crippen LogP contribution in [0.5, 0.6) is 5.75 Å². The molecule has 0 saturated heterocycles. The van der Waals surface area contributed by atoms with Crippen molar-refractivity contribution >= 4 is 61.7 Å². The molecule has 3 rings (SSSR count). The van der Waals surface area contributed by atoms with Crippen molar-refractivity contribution in [3.63, 3.8) is 0 Å². The molecule has 5 heteroatoms. The molecule has 2 aromatic rings. The molecule has 20 heavy (non-hydrogen) atoms. The molecule has 1 heterocycles. The second kappa shape index (κ2) is 6.03. The van der Waals surface area contributed by atoms with Gasteiger partial charge >= 0.3 is 0 Å². The summed E-state index contributed by atoms with van der Waals surface area (Å²) in [5.74, 6) is 0.950. The highest BCUT2D eigenvalue weighted by Crippen LogP contribution is 2.43. The van der Waals surface area contributed by atoms with Crippen LogP contribution in [0.3, 0.4) is 0 Å². The van der Waals surface area contributed by atoms with Gasteiger partial charge in [-0.3, -0.25) is 0 Å². The summed E-state index contributed by atoms with van der Waals surface area (Å²) < 4.78 is 6.80. The zero-order valence-corrected chi connectivity index (χ0v) is 15.6. The van der Waals surface area contributed by atoms with Gasteiger partial charge < -0.3 is 4.74 Å². The van der Waals surface area contributed by atoms with Crippen molar-refractivity contribution in [1.29, 1.82) is 0 Å².